The van der Waals surface area contributed by atoms with Crippen LogP contribution in [0.2, 0.25) is 10.0 Å². The molecule has 0 atom stereocenters. The SMILES string of the molecule is N#C/C(=C\c1ccc(-c2cccc(C(F)(F)F)c2)o1)C(=O)Nc1cc(Cl)ccc1Cl. The summed E-state index contributed by atoms with van der Waals surface area (Å²) in [5.74, 6) is -0.479. The Balaban J connectivity index is 1.84. The molecule has 1 N–H and O–H groups in total. The fourth-order valence-corrected chi connectivity index (χ4v) is 2.85. The number of halogens is 5. The number of benzene rings is 2. The molecule has 0 radical (unpaired) electrons. The van der Waals surface area contributed by atoms with Crippen molar-refractivity contribution in [1.29, 1.82) is 5.26 Å². The third-order valence-electron chi connectivity index (χ3n) is 3.93. The Morgan fingerprint density at radius 1 is 1.10 bits per heavy atom. The van der Waals surface area contributed by atoms with E-state index in [1.54, 1.807) is 12.1 Å². The number of amides is 1. The summed E-state index contributed by atoms with van der Waals surface area (Å²) in [6.07, 6.45) is -3.32. The molecule has 4 nitrogen and oxygen atoms in total. The summed E-state index contributed by atoms with van der Waals surface area (Å²) in [5, 5.41) is 12.3. The molecule has 3 aromatic rings. The minimum atomic E-state index is -4.49. The number of anilines is 1. The van der Waals surface area contributed by atoms with Gasteiger partial charge in [0, 0.05) is 16.7 Å². The van der Waals surface area contributed by atoms with Crippen molar-refractivity contribution in [3.05, 3.63) is 81.5 Å². The van der Waals surface area contributed by atoms with Crippen molar-refractivity contribution in [2.24, 2.45) is 0 Å². The second-order valence-electron chi connectivity index (χ2n) is 6.03. The molecule has 9 heteroatoms. The second-order valence-corrected chi connectivity index (χ2v) is 6.87. The number of nitrogens with zero attached hydrogens (tertiary/aromatic N) is 1. The average molecular weight is 451 g/mol. The summed E-state index contributed by atoms with van der Waals surface area (Å²) < 4.78 is 44.2. The van der Waals surface area contributed by atoms with Gasteiger partial charge in [0.15, 0.2) is 0 Å². The monoisotopic (exact) mass is 450 g/mol. The van der Waals surface area contributed by atoms with E-state index >= 15 is 0 Å². The van der Waals surface area contributed by atoms with E-state index in [0.717, 1.165) is 12.1 Å². The Hall–Kier alpha value is -3.21. The number of hydrogen-bond donors (Lipinski definition) is 1. The molecule has 0 fully saturated rings. The van der Waals surface area contributed by atoms with Gasteiger partial charge in [0.2, 0.25) is 0 Å². The van der Waals surface area contributed by atoms with Crippen LogP contribution in [-0.2, 0) is 11.0 Å². The van der Waals surface area contributed by atoms with Gasteiger partial charge in [0.1, 0.15) is 23.2 Å². The molecule has 1 amide bonds. The van der Waals surface area contributed by atoms with Crippen molar-refractivity contribution in [3.63, 3.8) is 0 Å². The van der Waals surface area contributed by atoms with Crippen molar-refractivity contribution >= 4 is 40.9 Å². The molecule has 2 aromatic carbocycles. The predicted octanol–water partition coefficient (Wildman–Crippen LogP) is 6.82. The molecule has 0 aliphatic carbocycles. The van der Waals surface area contributed by atoms with E-state index in [1.807, 2.05) is 0 Å². The van der Waals surface area contributed by atoms with Crippen molar-refractivity contribution < 1.29 is 22.4 Å². The first-order chi connectivity index (χ1) is 14.2. The van der Waals surface area contributed by atoms with Crippen LogP contribution in [0.25, 0.3) is 17.4 Å². The van der Waals surface area contributed by atoms with Gasteiger partial charge in [-0.15, -0.1) is 0 Å². The van der Waals surface area contributed by atoms with Crippen LogP contribution >= 0.6 is 23.2 Å². The van der Waals surface area contributed by atoms with Crippen LogP contribution in [0.3, 0.4) is 0 Å². The normalized spacial score (nSPS) is 11.8. The molecular weight excluding hydrogens is 440 g/mol. The maximum atomic E-state index is 12.9. The van der Waals surface area contributed by atoms with Crippen LogP contribution in [-0.4, -0.2) is 5.91 Å². The van der Waals surface area contributed by atoms with Gasteiger partial charge >= 0.3 is 6.18 Å². The number of furan rings is 1. The summed E-state index contributed by atoms with van der Waals surface area (Å²) in [6, 6.07) is 13.7. The van der Waals surface area contributed by atoms with Crippen LogP contribution in [0.15, 0.2) is 64.6 Å². The van der Waals surface area contributed by atoms with Crippen molar-refractivity contribution in [3.8, 4) is 17.4 Å². The van der Waals surface area contributed by atoms with Gasteiger partial charge in [-0.2, -0.15) is 18.4 Å². The zero-order valence-electron chi connectivity index (χ0n) is 14.9. The van der Waals surface area contributed by atoms with Crippen LogP contribution < -0.4 is 5.32 Å². The van der Waals surface area contributed by atoms with Gasteiger partial charge in [0.25, 0.3) is 5.91 Å². The van der Waals surface area contributed by atoms with E-state index < -0.39 is 17.6 Å². The topological polar surface area (TPSA) is 66.0 Å². The van der Waals surface area contributed by atoms with Gasteiger partial charge in [-0.3, -0.25) is 4.79 Å². The first-order valence-electron chi connectivity index (χ1n) is 8.33. The maximum absolute atomic E-state index is 12.9. The summed E-state index contributed by atoms with van der Waals surface area (Å²) in [7, 11) is 0. The van der Waals surface area contributed by atoms with Crippen LogP contribution in [0.4, 0.5) is 18.9 Å². The first-order valence-corrected chi connectivity index (χ1v) is 9.08. The first kappa shape index (κ1) is 21.5. The molecule has 0 spiro atoms. The predicted molar refractivity (Wildman–Crippen MR) is 108 cm³/mol. The fourth-order valence-electron chi connectivity index (χ4n) is 2.51. The second kappa shape index (κ2) is 8.66. The Morgan fingerprint density at radius 2 is 1.87 bits per heavy atom. The number of nitriles is 1. The Bertz CT molecular complexity index is 1180. The highest BCUT2D eigenvalue weighted by Gasteiger charge is 2.30. The highest BCUT2D eigenvalue weighted by atomic mass is 35.5. The van der Waals surface area contributed by atoms with E-state index in [1.165, 1.54) is 42.5 Å². The third-order valence-corrected chi connectivity index (χ3v) is 4.49. The lowest BCUT2D eigenvalue weighted by Gasteiger charge is -2.07. The van der Waals surface area contributed by atoms with Crippen LogP contribution in [0.5, 0.6) is 0 Å². The van der Waals surface area contributed by atoms with Crippen molar-refractivity contribution in [2.45, 2.75) is 6.18 Å². The van der Waals surface area contributed by atoms with Crippen LogP contribution in [0.1, 0.15) is 11.3 Å². The molecule has 0 bridgehead atoms. The average Bonchev–Trinajstić information content (AvgIpc) is 3.17. The number of hydrogen-bond acceptors (Lipinski definition) is 3. The molecule has 3 rings (SSSR count). The van der Waals surface area contributed by atoms with Gasteiger partial charge in [-0.25, -0.2) is 0 Å². The van der Waals surface area contributed by atoms with E-state index in [4.69, 9.17) is 27.6 Å². The number of carbonyl (C=O) groups is 1. The fraction of sp³-hybridized carbons (Fsp3) is 0.0476. The minimum Gasteiger partial charge on any atom is -0.457 e. The third kappa shape index (κ3) is 5.03. The molecule has 0 unspecified atom stereocenters. The highest BCUT2D eigenvalue weighted by molar-refractivity contribution is 6.36. The Morgan fingerprint density at radius 3 is 2.57 bits per heavy atom. The lowest BCUT2D eigenvalue weighted by molar-refractivity contribution is -0.137. The summed E-state index contributed by atoms with van der Waals surface area (Å²) in [4.78, 5) is 12.4. The molecule has 0 saturated carbocycles. The van der Waals surface area contributed by atoms with Crippen molar-refractivity contribution in [1.82, 2.24) is 0 Å². The Labute approximate surface area is 179 Å². The van der Waals surface area contributed by atoms with E-state index in [2.05, 4.69) is 5.32 Å². The molecule has 0 saturated heterocycles. The molecule has 30 heavy (non-hydrogen) atoms. The number of carbonyl (C=O) groups excluding carboxylic acids is 1. The van der Waals surface area contributed by atoms with Gasteiger partial charge < -0.3 is 9.73 Å². The minimum absolute atomic E-state index is 0.117. The summed E-state index contributed by atoms with van der Waals surface area (Å²) in [5.41, 5.74) is -0.683. The van der Waals surface area contributed by atoms with E-state index in [0.29, 0.717) is 5.02 Å². The number of rotatable bonds is 4. The molecule has 1 heterocycles. The maximum Gasteiger partial charge on any atom is 0.416 e. The summed E-state index contributed by atoms with van der Waals surface area (Å²) in [6.45, 7) is 0. The lowest BCUT2D eigenvalue weighted by atomic mass is 10.1. The summed E-state index contributed by atoms with van der Waals surface area (Å²) >= 11 is 11.9. The number of alkyl halides is 3. The zero-order chi connectivity index (χ0) is 21.9. The van der Waals surface area contributed by atoms with E-state index in [9.17, 15) is 23.2 Å². The molecular formula is C21H11Cl2F3N2O2. The largest absolute Gasteiger partial charge is 0.457 e. The van der Waals surface area contributed by atoms with Gasteiger partial charge in [-0.1, -0.05) is 35.3 Å². The quantitative estimate of drug-likeness (QED) is 0.350. The standard InChI is InChI=1S/C21H11Cl2F3N2O2/c22-15-4-6-17(23)18(10-15)28-20(29)13(11-27)9-16-5-7-19(30-16)12-2-1-3-14(8-12)21(24,25)26/h1-10H,(H,28,29)/b13-9+. The van der Waals surface area contributed by atoms with E-state index in [-0.39, 0.29) is 33.4 Å². The van der Waals surface area contributed by atoms with Crippen molar-refractivity contribution in [2.75, 3.05) is 5.32 Å². The molecule has 0 aliphatic rings. The smallest absolute Gasteiger partial charge is 0.416 e. The van der Waals surface area contributed by atoms with Crippen LogP contribution in [0, 0.1) is 11.3 Å². The highest BCUT2D eigenvalue weighted by Crippen LogP contribution is 2.33. The van der Waals surface area contributed by atoms with Gasteiger partial charge in [0.05, 0.1) is 16.3 Å². The molecule has 0 aliphatic heterocycles. The molecule has 152 valence electrons. The zero-order valence-corrected chi connectivity index (χ0v) is 16.4. The molecule has 1 aromatic heterocycles. The Kier molecular flexibility index (Phi) is 6.20. The lowest BCUT2D eigenvalue weighted by Crippen LogP contribution is -2.13. The number of nitrogens with one attached hydrogen (secondary N) is 1. The van der Waals surface area contributed by atoms with Gasteiger partial charge in [-0.05, 0) is 42.5 Å².